The fourth-order valence-corrected chi connectivity index (χ4v) is 13.7. The zero-order valence-electron chi connectivity index (χ0n) is 61.0. The quantitative estimate of drug-likeness (QED) is 0.0462. The Morgan fingerprint density at radius 3 is 1.97 bits per heavy atom. The van der Waals surface area contributed by atoms with Gasteiger partial charge in [-0.25, -0.2) is 55.1 Å². The molecule has 0 radical (unpaired) electrons. The molecule has 35 heteroatoms. The third-order valence-corrected chi connectivity index (χ3v) is 19.4. The highest BCUT2D eigenvalue weighted by molar-refractivity contribution is 7.91. The van der Waals surface area contributed by atoms with Crippen LogP contribution >= 0.6 is 23.2 Å². The molecule has 2 N–H and O–H groups in total. The molecule has 6 heterocycles. The van der Waals surface area contributed by atoms with Gasteiger partial charge in [-0.1, -0.05) is 72.0 Å². The number of rotatable bonds is 18. The van der Waals surface area contributed by atoms with Gasteiger partial charge in [0.1, 0.15) is 34.2 Å². The largest absolute Gasteiger partial charge is 0.467 e. The van der Waals surface area contributed by atoms with Gasteiger partial charge in [-0.2, -0.15) is 20.1 Å². The van der Waals surface area contributed by atoms with Crippen LogP contribution in [0.25, 0.3) is 11.1 Å². The molecular formula is C70H84Cl2N12O19S2. The van der Waals surface area contributed by atoms with E-state index in [2.05, 4.69) is 67.9 Å². The van der Waals surface area contributed by atoms with Gasteiger partial charge in [0, 0.05) is 55.5 Å². The summed E-state index contributed by atoms with van der Waals surface area (Å²) in [5, 5.41) is 13.0. The number of aromatic nitrogens is 7. The predicted molar refractivity (Wildman–Crippen MR) is 390 cm³/mol. The SMILES string of the molecule is CCOC(=O)C1=NN(c2ccc(Cl)cc2Cl)C(C)(C(=O)OCC)C1.CCc1cc(C)cc(CC)c1-c1c(OC(=O)C(C)(C)C)n2n(c1=O)CCOCC2.COC(=O)c1ccccc1S(=O)(=O)NC(=O)N(C)c1nc(C)nc(OC)n1.Cc1c(C(=O)c2c[nH]n(C)c2=O)ccc(S(C)(=O)=O)c1C1=NOCC1. The van der Waals surface area contributed by atoms with Crippen LogP contribution in [0.4, 0.5) is 16.4 Å². The number of nitrogens with zero attached hydrogens (tertiary/aromatic N) is 10. The second-order valence-electron chi connectivity index (χ2n) is 25.0. The molecule has 7 aromatic rings. The third kappa shape index (κ3) is 18.9. The zero-order valence-corrected chi connectivity index (χ0v) is 64.2. The van der Waals surface area contributed by atoms with E-state index in [1.54, 1.807) is 62.2 Å². The number of oxime groups is 1. The number of amides is 2. The highest BCUT2D eigenvalue weighted by Crippen LogP contribution is 2.40. The summed E-state index contributed by atoms with van der Waals surface area (Å²) in [4.78, 5) is 117. The van der Waals surface area contributed by atoms with E-state index < -0.39 is 71.0 Å². The van der Waals surface area contributed by atoms with Crippen LogP contribution in [0, 0.1) is 26.2 Å². The Hall–Kier alpha value is -10.1. The van der Waals surface area contributed by atoms with Gasteiger partial charge in [0.05, 0.1) is 86.0 Å². The van der Waals surface area contributed by atoms with E-state index in [4.69, 9.17) is 51.7 Å². The number of nitrogens with one attached hydrogen (secondary N) is 2. The maximum atomic E-state index is 13.5. The summed E-state index contributed by atoms with van der Waals surface area (Å²) in [5.74, 6) is -2.25. The predicted octanol–water partition coefficient (Wildman–Crippen LogP) is 8.47. The Balaban J connectivity index is 0.000000196. The van der Waals surface area contributed by atoms with E-state index in [1.807, 2.05) is 25.5 Å². The highest BCUT2D eigenvalue weighted by atomic mass is 35.5. The number of hydrogen-bond acceptors (Lipinski definition) is 25. The number of ketones is 1. The maximum absolute atomic E-state index is 13.5. The number of aromatic amines is 1. The molecule has 0 saturated heterocycles. The van der Waals surface area contributed by atoms with E-state index in [9.17, 15) is 55.2 Å². The highest BCUT2D eigenvalue weighted by Gasteiger charge is 2.50. The average molecular weight is 1530 g/mol. The smallest absolute Gasteiger partial charge is 0.354 e. The molecule has 4 aromatic carbocycles. The number of aryl methyl sites for hydroxylation is 5. The van der Waals surface area contributed by atoms with Crippen molar-refractivity contribution < 1.29 is 78.9 Å². The van der Waals surface area contributed by atoms with Crippen molar-refractivity contribution in [2.24, 2.45) is 22.7 Å². The summed E-state index contributed by atoms with van der Waals surface area (Å²) in [6.45, 7) is 22.6. The molecule has 2 amide bonds. The van der Waals surface area contributed by atoms with Crippen LogP contribution in [-0.2, 0) is 91.0 Å². The van der Waals surface area contributed by atoms with Crippen LogP contribution in [0.15, 0.2) is 103 Å². The Labute approximate surface area is 616 Å². The molecule has 10 rings (SSSR count). The van der Waals surface area contributed by atoms with Crippen molar-refractivity contribution in [1.29, 1.82) is 0 Å². The van der Waals surface area contributed by atoms with Crippen LogP contribution < -0.4 is 35.2 Å². The first-order valence-electron chi connectivity index (χ1n) is 32.9. The molecule has 105 heavy (non-hydrogen) atoms. The number of sulfone groups is 1. The van der Waals surface area contributed by atoms with E-state index in [1.165, 1.54) is 79.1 Å². The lowest BCUT2D eigenvalue weighted by Gasteiger charge is -2.32. The van der Waals surface area contributed by atoms with Crippen molar-refractivity contribution in [1.82, 2.24) is 38.8 Å². The average Bonchev–Trinajstić information content (AvgIpc) is 1.67. The van der Waals surface area contributed by atoms with E-state index in [0.717, 1.165) is 47.8 Å². The molecule has 3 aromatic heterocycles. The monoisotopic (exact) mass is 1530 g/mol. The first-order chi connectivity index (χ1) is 49.4. The van der Waals surface area contributed by atoms with Gasteiger partial charge in [-0.3, -0.25) is 28.8 Å². The Morgan fingerprint density at radius 2 is 1.41 bits per heavy atom. The molecule has 1 unspecified atom stereocenters. The maximum Gasteiger partial charge on any atom is 0.354 e. The van der Waals surface area contributed by atoms with Gasteiger partial charge in [-0.05, 0) is 140 Å². The Bertz CT molecular complexity index is 4900. The molecular weight excluding hydrogens is 1450 g/mol. The normalized spacial score (nSPS) is 14.7. The molecule has 0 fully saturated rings. The molecule has 3 aliphatic rings. The van der Waals surface area contributed by atoms with Crippen LogP contribution in [0.3, 0.4) is 0 Å². The zero-order chi connectivity index (χ0) is 77.8. The Morgan fingerprint density at radius 1 is 0.762 bits per heavy atom. The van der Waals surface area contributed by atoms with E-state index in [0.29, 0.717) is 83.3 Å². The van der Waals surface area contributed by atoms with Crippen molar-refractivity contribution in [3.8, 4) is 23.0 Å². The van der Waals surface area contributed by atoms with Crippen molar-refractivity contribution in [3.63, 3.8) is 0 Å². The van der Waals surface area contributed by atoms with Crippen LogP contribution in [-0.4, -0.2) is 164 Å². The summed E-state index contributed by atoms with van der Waals surface area (Å²) in [6, 6.07) is 16.1. The molecule has 0 bridgehead atoms. The minimum absolute atomic E-state index is 0.00623. The number of carbonyl (C=O) groups is 6. The standard InChI is InChI=1S/C23H32N2O4.C16H18Cl2N2O4.C16H17N3O5S.C15H17N5O6S/c1-7-16-13-15(3)14-17(8-2)18(16)19-20(26)24-9-11-28-12-10-25(24)21(19)29-22(27)23(4,5)6;1-4-23-14(21)12-9-16(3,15(22)24-5-2)20(19-12)13-7-6-10(17)8-11(13)18;1-9-10(15(20)11-8-17-19(2)16(11)21)4-5-13(25(3,22)23)14(9)12-6-7-24-18-12;1-9-16-13(18-14(17-9)26-4)20(2)15(22)19-27(23,24)11-8-6-5-7-10(11)12(21)25-3/h13-14H,7-12H2,1-6H3;6-8H,4-5,9H2,1-3H3;4-5,8,17H,6-7H2,1-3H3;5-8H,1-4H3,(H,19,22). The van der Waals surface area contributed by atoms with E-state index in [-0.39, 0.29) is 76.2 Å². The number of hydrazone groups is 1. The summed E-state index contributed by atoms with van der Waals surface area (Å²) >= 11 is 12.2. The number of esters is 4. The minimum atomic E-state index is -4.37. The number of carbonyl (C=O) groups excluding carboxylic acids is 6. The van der Waals surface area contributed by atoms with Crippen LogP contribution in [0.1, 0.15) is 128 Å². The number of H-pyrrole nitrogens is 1. The number of ether oxygens (including phenoxy) is 6. The molecule has 0 saturated carbocycles. The summed E-state index contributed by atoms with van der Waals surface area (Å²) in [5.41, 5.74) is 4.29. The second kappa shape index (κ2) is 34.7. The van der Waals surface area contributed by atoms with Crippen molar-refractivity contribution in [2.45, 2.75) is 130 Å². The van der Waals surface area contributed by atoms with E-state index >= 15 is 0 Å². The van der Waals surface area contributed by atoms with Crippen LogP contribution in [0.2, 0.25) is 10.0 Å². The molecule has 564 valence electrons. The number of anilines is 2. The minimum Gasteiger partial charge on any atom is -0.467 e. The van der Waals surface area contributed by atoms with Gasteiger partial charge in [0.25, 0.3) is 21.1 Å². The number of halogens is 2. The van der Waals surface area contributed by atoms with Gasteiger partial charge < -0.3 is 38.4 Å². The fraction of sp³-hybridized carbons (Fsp3) is 0.414. The molecule has 31 nitrogen and oxygen atoms in total. The summed E-state index contributed by atoms with van der Waals surface area (Å²) in [7, 11) is -2.66. The topological polar surface area (TPSA) is 382 Å². The molecule has 0 aliphatic carbocycles. The number of fused-ring (bicyclic) bond motifs is 1. The lowest BCUT2D eigenvalue weighted by molar-refractivity contribution is -0.148. The molecule has 1 atom stereocenters. The lowest BCUT2D eigenvalue weighted by Crippen LogP contribution is -2.48. The number of hydrogen-bond donors (Lipinski definition) is 2. The molecule has 0 spiro atoms. The summed E-state index contributed by atoms with van der Waals surface area (Å²) in [6.07, 6.45) is 4.54. The van der Waals surface area contributed by atoms with Crippen molar-refractivity contribution in [2.75, 3.05) is 70.5 Å². The Kier molecular flexibility index (Phi) is 27.1. The number of urea groups is 1. The second-order valence-corrected chi connectivity index (χ2v) is 29.5. The summed E-state index contributed by atoms with van der Waals surface area (Å²) < 4.78 is 87.0. The fourth-order valence-electron chi connectivity index (χ4n) is 11.1. The van der Waals surface area contributed by atoms with Crippen molar-refractivity contribution >= 4 is 102 Å². The lowest BCUT2D eigenvalue weighted by atomic mass is 9.91. The van der Waals surface area contributed by atoms with Crippen molar-refractivity contribution in [3.05, 3.63) is 154 Å². The number of sulfonamides is 1. The number of methoxy groups -OCH3 is 2. The van der Waals surface area contributed by atoms with Crippen LogP contribution in [0.5, 0.6) is 11.9 Å². The third-order valence-electron chi connectivity index (χ3n) is 16.4. The first kappa shape index (κ1) is 82.2. The number of benzene rings is 4. The first-order valence-corrected chi connectivity index (χ1v) is 37.1. The van der Waals surface area contributed by atoms with Gasteiger partial charge in [-0.15, -0.1) is 0 Å². The molecule has 3 aliphatic heterocycles. The van der Waals surface area contributed by atoms with Gasteiger partial charge in [0.15, 0.2) is 21.2 Å². The van der Waals surface area contributed by atoms with Gasteiger partial charge >= 0.3 is 35.9 Å². The van der Waals surface area contributed by atoms with Gasteiger partial charge in [0.2, 0.25) is 11.8 Å².